The molecule has 6 nitrogen and oxygen atoms in total. The smallest absolute Gasteiger partial charge is 0.325 e. The summed E-state index contributed by atoms with van der Waals surface area (Å²) in [5.41, 5.74) is 0. The van der Waals surface area contributed by atoms with Crippen LogP contribution in [0.4, 0.5) is 0 Å². The molecule has 1 unspecified atom stereocenters. The Bertz CT molecular complexity index is 675. The van der Waals surface area contributed by atoms with Crippen molar-refractivity contribution in [1.82, 2.24) is 4.90 Å². The number of benzene rings is 1. The average Bonchev–Trinajstić information content (AvgIpc) is 2.60. The third-order valence-electron chi connectivity index (χ3n) is 5.09. The maximum atomic E-state index is 13.1. The number of piperidine rings is 1. The molecule has 1 aliphatic rings. The van der Waals surface area contributed by atoms with E-state index in [-0.39, 0.29) is 17.7 Å². The van der Waals surface area contributed by atoms with Crippen LogP contribution >= 0.6 is 0 Å². The Hall–Kier alpha value is -1.60. The van der Waals surface area contributed by atoms with Gasteiger partial charge in [0.15, 0.2) is 14.6 Å². The van der Waals surface area contributed by atoms with Crippen LogP contribution in [0.3, 0.4) is 0 Å². The predicted octanol–water partition coefficient (Wildman–Crippen LogP) is 2.19. The summed E-state index contributed by atoms with van der Waals surface area (Å²) in [6.07, 6.45) is 1.15. The summed E-state index contributed by atoms with van der Waals surface area (Å²) in [5, 5.41) is 9.75. The van der Waals surface area contributed by atoms with E-state index in [1.54, 1.807) is 0 Å². The number of likely N-dealkylation sites (tertiary alicyclic amines) is 1. The van der Waals surface area contributed by atoms with E-state index in [1.165, 1.54) is 31.4 Å². The molecule has 1 aromatic rings. The fourth-order valence-corrected chi connectivity index (χ4v) is 5.06. The largest absolute Gasteiger partial charge is 0.497 e. The number of sulfone groups is 1. The number of ether oxygens (including phenoxy) is 1. The van der Waals surface area contributed by atoms with Gasteiger partial charge in [0.1, 0.15) is 5.75 Å². The Morgan fingerprint density at radius 1 is 1.29 bits per heavy atom. The Kier molecular flexibility index (Phi) is 5.55. The molecule has 0 aromatic heterocycles. The van der Waals surface area contributed by atoms with Crippen LogP contribution < -0.4 is 4.74 Å². The van der Waals surface area contributed by atoms with E-state index in [4.69, 9.17) is 4.74 Å². The van der Waals surface area contributed by atoms with Crippen LogP contribution in [-0.4, -0.2) is 55.4 Å². The molecule has 0 saturated carbocycles. The van der Waals surface area contributed by atoms with Gasteiger partial charge < -0.3 is 14.7 Å². The molecular formula is C17H25NO5S. The van der Waals surface area contributed by atoms with Crippen LogP contribution in [-0.2, 0) is 14.6 Å². The third-order valence-corrected chi connectivity index (χ3v) is 7.60. The Labute approximate surface area is 143 Å². The molecule has 7 heteroatoms. The molecule has 0 aliphatic carbocycles. The maximum absolute atomic E-state index is 13.1. The van der Waals surface area contributed by atoms with Gasteiger partial charge in [-0.2, -0.15) is 0 Å². The fraction of sp³-hybridized carbons (Fsp3) is 0.588. The molecule has 1 heterocycles. The number of carbonyl (C=O) groups is 1. The van der Waals surface area contributed by atoms with Crippen LogP contribution in [0.15, 0.2) is 29.2 Å². The predicted molar refractivity (Wildman–Crippen MR) is 91.1 cm³/mol. The van der Waals surface area contributed by atoms with Gasteiger partial charge in [0.25, 0.3) is 0 Å². The van der Waals surface area contributed by atoms with Gasteiger partial charge in [0, 0.05) is 19.1 Å². The standard InChI is InChI=1S/C17H25NO5S/c1-4-13(2)18-11-9-17(10-12-18,16(19)20)24(21,22)15-7-5-14(23-3)6-8-15/h5-8,13H,4,9-12H2,1-3H3,(H,19,20). The van der Waals surface area contributed by atoms with Gasteiger partial charge >= 0.3 is 5.97 Å². The van der Waals surface area contributed by atoms with Gasteiger partial charge in [-0.05, 0) is 50.5 Å². The molecule has 24 heavy (non-hydrogen) atoms. The normalized spacial score (nSPS) is 19.6. The number of carboxylic acids is 1. The van der Waals surface area contributed by atoms with Gasteiger partial charge in [-0.1, -0.05) is 6.92 Å². The summed E-state index contributed by atoms with van der Waals surface area (Å²) in [7, 11) is -2.49. The fourth-order valence-electron chi connectivity index (χ4n) is 3.16. The molecule has 134 valence electrons. The average molecular weight is 355 g/mol. The molecule has 0 amide bonds. The topological polar surface area (TPSA) is 83.9 Å². The van der Waals surface area contributed by atoms with E-state index < -0.39 is 20.6 Å². The first-order valence-corrected chi connectivity index (χ1v) is 9.63. The summed E-state index contributed by atoms with van der Waals surface area (Å²) in [6, 6.07) is 6.23. The van der Waals surface area contributed by atoms with Gasteiger partial charge in [0.05, 0.1) is 12.0 Å². The van der Waals surface area contributed by atoms with Crippen molar-refractivity contribution in [1.29, 1.82) is 0 Å². The number of methoxy groups -OCH3 is 1. The van der Waals surface area contributed by atoms with Crippen molar-refractivity contribution in [2.45, 2.75) is 48.8 Å². The van der Waals surface area contributed by atoms with Crippen molar-refractivity contribution in [3.8, 4) is 5.75 Å². The molecule has 1 N–H and O–H groups in total. The van der Waals surface area contributed by atoms with Gasteiger partial charge in [-0.25, -0.2) is 8.42 Å². The molecular weight excluding hydrogens is 330 g/mol. The quantitative estimate of drug-likeness (QED) is 0.842. The lowest BCUT2D eigenvalue weighted by Crippen LogP contribution is -2.55. The second-order valence-corrected chi connectivity index (χ2v) is 8.53. The van der Waals surface area contributed by atoms with Crippen molar-refractivity contribution < 1.29 is 23.1 Å². The summed E-state index contributed by atoms with van der Waals surface area (Å²) < 4.78 is 29.4. The summed E-state index contributed by atoms with van der Waals surface area (Å²) in [4.78, 5) is 14.1. The van der Waals surface area contributed by atoms with Gasteiger partial charge in [-0.15, -0.1) is 0 Å². The third kappa shape index (κ3) is 3.15. The number of nitrogens with zero attached hydrogens (tertiary/aromatic N) is 1. The zero-order chi connectivity index (χ0) is 18.0. The molecule has 1 atom stereocenters. The number of hydrogen-bond acceptors (Lipinski definition) is 5. The summed E-state index contributed by atoms with van der Waals surface area (Å²) >= 11 is 0. The van der Waals surface area contributed by atoms with Crippen LogP contribution in [0.1, 0.15) is 33.1 Å². The van der Waals surface area contributed by atoms with E-state index in [2.05, 4.69) is 18.7 Å². The number of carboxylic acid groups (broad SMARTS) is 1. The van der Waals surface area contributed by atoms with Crippen molar-refractivity contribution in [3.05, 3.63) is 24.3 Å². The molecule has 1 saturated heterocycles. The molecule has 0 bridgehead atoms. The molecule has 1 aromatic carbocycles. The highest BCUT2D eigenvalue weighted by molar-refractivity contribution is 7.93. The van der Waals surface area contributed by atoms with E-state index in [0.717, 1.165) is 6.42 Å². The van der Waals surface area contributed by atoms with Crippen LogP contribution in [0, 0.1) is 0 Å². The van der Waals surface area contributed by atoms with E-state index >= 15 is 0 Å². The highest BCUT2D eigenvalue weighted by Gasteiger charge is 2.53. The van der Waals surface area contributed by atoms with E-state index in [1.807, 2.05) is 0 Å². The first kappa shape index (κ1) is 18.7. The second kappa shape index (κ2) is 7.11. The Balaban J connectivity index is 2.34. The molecule has 1 aliphatic heterocycles. The first-order valence-electron chi connectivity index (χ1n) is 8.14. The van der Waals surface area contributed by atoms with E-state index in [0.29, 0.717) is 24.9 Å². The Morgan fingerprint density at radius 2 is 1.83 bits per heavy atom. The SMILES string of the molecule is CCC(C)N1CCC(C(=O)O)(S(=O)(=O)c2ccc(OC)cc2)CC1. The van der Waals surface area contributed by atoms with Crippen LogP contribution in [0.5, 0.6) is 5.75 Å². The number of hydrogen-bond donors (Lipinski definition) is 1. The number of rotatable bonds is 6. The zero-order valence-corrected chi connectivity index (χ0v) is 15.2. The Morgan fingerprint density at radius 3 is 2.25 bits per heavy atom. The van der Waals surface area contributed by atoms with Crippen molar-refractivity contribution in [2.75, 3.05) is 20.2 Å². The lowest BCUT2D eigenvalue weighted by molar-refractivity contribution is -0.141. The van der Waals surface area contributed by atoms with Gasteiger partial charge in [0.2, 0.25) is 0 Å². The van der Waals surface area contributed by atoms with Crippen molar-refractivity contribution in [2.24, 2.45) is 0 Å². The van der Waals surface area contributed by atoms with Crippen LogP contribution in [0.2, 0.25) is 0 Å². The highest BCUT2D eigenvalue weighted by Crippen LogP contribution is 2.37. The second-order valence-electron chi connectivity index (χ2n) is 6.27. The van der Waals surface area contributed by atoms with E-state index in [9.17, 15) is 18.3 Å². The lowest BCUT2D eigenvalue weighted by atomic mass is 9.94. The van der Waals surface area contributed by atoms with Gasteiger partial charge in [-0.3, -0.25) is 4.79 Å². The maximum Gasteiger partial charge on any atom is 0.325 e. The summed E-state index contributed by atoms with van der Waals surface area (Å²) in [6.45, 7) is 5.08. The first-order chi connectivity index (χ1) is 11.3. The molecule has 1 fully saturated rings. The lowest BCUT2D eigenvalue weighted by Gasteiger charge is -2.40. The minimum atomic E-state index is -3.99. The van der Waals surface area contributed by atoms with Crippen molar-refractivity contribution >= 4 is 15.8 Å². The molecule has 2 rings (SSSR count). The monoisotopic (exact) mass is 355 g/mol. The summed E-state index contributed by atoms with van der Waals surface area (Å²) in [5.74, 6) is -0.730. The van der Waals surface area contributed by atoms with Crippen LogP contribution in [0.25, 0.3) is 0 Å². The molecule has 0 radical (unpaired) electrons. The minimum absolute atomic E-state index is 0.0303. The minimum Gasteiger partial charge on any atom is -0.497 e. The van der Waals surface area contributed by atoms with Crippen molar-refractivity contribution in [3.63, 3.8) is 0 Å². The number of aliphatic carboxylic acids is 1. The molecule has 0 spiro atoms. The zero-order valence-electron chi connectivity index (χ0n) is 14.4. The highest BCUT2D eigenvalue weighted by atomic mass is 32.2.